The molecule has 112 valence electrons. The molecule has 0 heterocycles. The van der Waals surface area contributed by atoms with Gasteiger partial charge in [0.25, 0.3) is 5.66 Å². The normalized spacial score (nSPS) is 11.4. The highest BCUT2D eigenvalue weighted by molar-refractivity contribution is 7.57. The predicted octanol–water partition coefficient (Wildman–Crippen LogP) is 1.75. The second kappa shape index (κ2) is 9.07. The molecule has 0 saturated carbocycles. The monoisotopic (exact) mass is 296 g/mol. The molecule has 0 rings (SSSR count). The molecule has 0 aromatic rings. The van der Waals surface area contributed by atoms with Crippen molar-refractivity contribution in [2.45, 2.75) is 33.4 Å². The lowest BCUT2D eigenvalue weighted by molar-refractivity contribution is -0.153. The van der Waals surface area contributed by atoms with Gasteiger partial charge in [-0.3, -0.25) is 14.2 Å². The van der Waals surface area contributed by atoms with Gasteiger partial charge in [0.2, 0.25) is 0 Å². The Balaban J connectivity index is 5.32. The summed E-state index contributed by atoms with van der Waals surface area (Å²) in [5, 5.41) is 0. The Morgan fingerprint density at radius 1 is 0.842 bits per heavy atom. The molecule has 0 saturated heterocycles. The molecule has 0 aliphatic carbocycles. The maximum Gasteiger partial charge on any atom is 0.356 e. The summed E-state index contributed by atoms with van der Waals surface area (Å²) in [5.74, 6) is -1.93. The minimum absolute atomic E-state index is 0.0343. The van der Waals surface area contributed by atoms with Crippen molar-refractivity contribution in [3.8, 4) is 0 Å². The molecule has 0 N–H and O–H groups in total. The molecule has 0 spiro atoms. The zero-order valence-electron chi connectivity index (χ0n) is 11.7. The fraction of sp³-hybridized carbons (Fsp3) is 0.818. The molecule has 0 atom stereocenters. The second-order valence-corrected chi connectivity index (χ2v) is 5.39. The number of carbonyl (C=O) groups excluding carboxylic acids is 2. The van der Waals surface area contributed by atoms with E-state index in [1.54, 1.807) is 27.7 Å². The number of esters is 2. The topological polar surface area (TPSA) is 88.1 Å². The van der Waals surface area contributed by atoms with Crippen LogP contribution >= 0.6 is 7.60 Å². The van der Waals surface area contributed by atoms with Crippen molar-refractivity contribution in [1.82, 2.24) is 0 Å². The summed E-state index contributed by atoms with van der Waals surface area (Å²) in [5.41, 5.74) is -1.70. The Kier molecular flexibility index (Phi) is 8.63. The van der Waals surface area contributed by atoms with E-state index in [4.69, 9.17) is 18.5 Å². The molecule has 19 heavy (non-hydrogen) atoms. The number of hydrogen-bond donors (Lipinski definition) is 0. The summed E-state index contributed by atoms with van der Waals surface area (Å²) in [6.07, 6.45) is 0. The van der Waals surface area contributed by atoms with E-state index in [9.17, 15) is 14.2 Å². The highest BCUT2D eigenvalue weighted by Gasteiger charge is 2.49. The van der Waals surface area contributed by atoms with Crippen molar-refractivity contribution in [2.24, 2.45) is 0 Å². The van der Waals surface area contributed by atoms with Crippen molar-refractivity contribution in [3.63, 3.8) is 0 Å². The molecule has 0 fully saturated rings. The molecule has 0 aromatic heterocycles. The van der Waals surface area contributed by atoms with E-state index >= 15 is 0 Å². The van der Waals surface area contributed by atoms with Crippen LogP contribution in [-0.2, 0) is 32.7 Å². The van der Waals surface area contributed by atoms with E-state index in [0.29, 0.717) is 0 Å². The van der Waals surface area contributed by atoms with Crippen molar-refractivity contribution < 1.29 is 32.7 Å². The van der Waals surface area contributed by atoms with Gasteiger partial charge < -0.3 is 18.5 Å². The lowest BCUT2D eigenvalue weighted by Crippen LogP contribution is -2.35. The van der Waals surface area contributed by atoms with Gasteiger partial charge in [0.1, 0.15) is 0 Å². The quantitative estimate of drug-likeness (QED) is 0.364. The van der Waals surface area contributed by atoms with Gasteiger partial charge in [-0.25, -0.2) is 0 Å². The van der Waals surface area contributed by atoms with Crippen LogP contribution < -0.4 is 0 Å². The third-order valence-corrected chi connectivity index (χ3v) is 4.24. The fourth-order valence-corrected chi connectivity index (χ4v) is 3.10. The van der Waals surface area contributed by atoms with Gasteiger partial charge in [-0.2, -0.15) is 0 Å². The van der Waals surface area contributed by atoms with Crippen LogP contribution in [0.1, 0.15) is 27.7 Å². The van der Waals surface area contributed by atoms with Gasteiger partial charge in [-0.15, -0.1) is 0 Å². The third-order valence-electron chi connectivity index (χ3n) is 1.95. The molecular formula is C11H21O7P. The second-order valence-electron chi connectivity index (χ2n) is 3.28. The molecule has 7 nitrogen and oxygen atoms in total. The number of ether oxygens (including phenoxy) is 2. The molecule has 0 radical (unpaired) electrons. The summed E-state index contributed by atoms with van der Waals surface area (Å²) in [7, 11) is -3.95. The molecule has 0 aliphatic heterocycles. The third kappa shape index (κ3) is 5.30. The van der Waals surface area contributed by atoms with Gasteiger partial charge in [-0.05, 0) is 27.7 Å². The molecular weight excluding hydrogens is 275 g/mol. The van der Waals surface area contributed by atoms with E-state index in [2.05, 4.69) is 0 Å². The van der Waals surface area contributed by atoms with Gasteiger partial charge in [0.05, 0.1) is 26.4 Å². The molecule has 0 bridgehead atoms. The average molecular weight is 296 g/mol. The first-order valence-electron chi connectivity index (χ1n) is 6.18. The van der Waals surface area contributed by atoms with Crippen molar-refractivity contribution in [3.05, 3.63) is 0 Å². The van der Waals surface area contributed by atoms with E-state index in [1.807, 2.05) is 0 Å². The first kappa shape index (κ1) is 18.1. The van der Waals surface area contributed by atoms with Crippen molar-refractivity contribution >= 4 is 19.5 Å². The van der Waals surface area contributed by atoms with Crippen LogP contribution in [0.25, 0.3) is 0 Å². The molecule has 8 heteroatoms. The van der Waals surface area contributed by atoms with Crippen LogP contribution in [0.2, 0.25) is 0 Å². The highest BCUT2D eigenvalue weighted by atomic mass is 31.2. The summed E-state index contributed by atoms with van der Waals surface area (Å²) < 4.78 is 32.0. The lowest BCUT2D eigenvalue weighted by atomic mass is 10.4. The van der Waals surface area contributed by atoms with Crippen LogP contribution in [0, 0.1) is 0 Å². The Hall–Kier alpha value is -0.910. The predicted molar refractivity (Wildman–Crippen MR) is 67.9 cm³/mol. The number of rotatable bonds is 9. The molecule has 0 aromatic carbocycles. The summed E-state index contributed by atoms with van der Waals surface area (Å²) >= 11 is 0. The number of hydrogen-bond acceptors (Lipinski definition) is 7. The van der Waals surface area contributed by atoms with Crippen LogP contribution in [0.4, 0.5) is 0 Å². The van der Waals surface area contributed by atoms with Gasteiger partial charge in [0, 0.05) is 0 Å². The van der Waals surface area contributed by atoms with Gasteiger partial charge >= 0.3 is 19.5 Å². The molecule has 0 amide bonds. The van der Waals surface area contributed by atoms with E-state index in [-0.39, 0.29) is 26.4 Å². The standard InChI is InChI=1S/C11H21O7P/c1-5-15-10(12)9(11(13)16-6-2)19(14,17-7-3)18-8-4/h9H,5-8H2,1-4H3. The van der Waals surface area contributed by atoms with Gasteiger partial charge in [-0.1, -0.05) is 0 Å². The van der Waals surface area contributed by atoms with E-state index in [0.717, 1.165) is 0 Å². The largest absolute Gasteiger partial charge is 0.465 e. The summed E-state index contributed by atoms with van der Waals surface area (Å²) in [6.45, 7) is 6.48. The minimum atomic E-state index is -3.95. The van der Waals surface area contributed by atoms with Crippen LogP contribution in [0.3, 0.4) is 0 Å². The van der Waals surface area contributed by atoms with E-state index < -0.39 is 25.2 Å². The minimum Gasteiger partial charge on any atom is -0.465 e. The SMILES string of the molecule is CCOC(=O)C(C(=O)OCC)P(=O)(OCC)OCC. The lowest BCUT2D eigenvalue weighted by Gasteiger charge is -2.23. The highest BCUT2D eigenvalue weighted by Crippen LogP contribution is 2.53. The maximum atomic E-state index is 12.5. The zero-order chi connectivity index (χ0) is 14.9. The summed E-state index contributed by atoms with van der Waals surface area (Å²) in [6, 6.07) is 0. The van der Waals surface area contributed by atoms with E-state index in [1.165, 1.54) is 0 Å². The fourth-order valence-electron chi connectivity index (χ4n) is 1.34. The summed E-state index contributed by atoms with van der Waals surface area (Å²) in [4.78, 5) is 23.6. The average Bonchev–Trinajstić information content (AvgIpc) is 2.30. The smallest absolute Gasteiger partial charge is 0.356 e. The molecule has 0 unspecified atom stereocenters. The number of carbonyl (C=O) groups is 2. The Labute approximate surface area is 113 Å². The maximum absolute atomic E-state index is 12.5. The van der Waals surface area contributed by atoms with Crippen molar-refractivity contribution in [2.75, 3.05) is 26.4 Å². The Morgan fingerprint density at radius 3 is 1.47 bits per heavy atom. The van der Waals surface area contributed by atoms with Crippen LogP contribution in [-0.4, -0.2) is 44.0 Å². The Bertz CT molecular complexity index is 314. The molecule has 0 aliphatic rings. The van der Waals surface area contributed by atoms with Crippen LogP contribution in [0.15, 0.2) is 0 Å². The zero-order valence-corrected chi connectivity index (χ0v) is 12.6. The van der Waals surface area contributed by atoms with Crippen molar-refractivity contribution in [1.29, 1.82) is 0 Å². The van der Waals surface area contributed by atoms with Gasteiger partial charge in [0.15, 0.2) is 0 Å². The first-order valence-corrected chi connectivity index (χ1v) is 7.79. The Morgan fingerprint density at radius 2 is 1.21 bits per heavy atom. The first-order chi connectivity index (χ1) is 8.96. The van der Waals surface area contributed by atoms with Crippen LogP contribution in [0.5, 0.6) is 0 Å².